The molecule has 0 saturated heterocycles. The van der Waals surface area contributed by atoms with Crippen molar-refractivity contribution in [2.45, 2.75) is 16.2 Å². The van der Waals surface area contributed by atoms with Crippen LogP contribution in [0.4, 0.5) is 5.69 Å². The van der Waals surface area contributed by atoms with Crippen LogP contribution in [-0.4, -0.2) is 45.0 Å². The third kappa shape index (κ3) is 3.69. The maximum atomic E-state index is 10.9. The summed E-state index contributed by atoms with van der Waals surface area (Å²) in [6, 6.07) is 16.4. The monoisotopic (exact) mass is 344 g/mol. The van der Waals surface area contributed by atoms with Crippen molar-refractivity contribution in [3.63, 3.8) is 0 Å². The molecule has 2 aromatic rings. The van der Waals surface area contributed by atoms with Gasteiger partial charge in [0.25, 0.3) is 0 Å². The van der Waals surface area contributed by atoms with Gasteiger partial charge in [-0.2, -0.15) is 0 Å². The molecule has 1 aliphatic rings. The van der Waals surface area contributed by atoms with E-state index < -0.39 is 6.10 Å². The second-order valence-corrected chi connectivity index (χ2v) is 7.08. The molecule has 0 saturated carbocycles. The number of likely N-dealkylation sites (N-methyl/N-ethyl adjacent to an activating group) is 1. The number of thioether (sulfide) groups is 1. The normalized spacial score (nSPS) is 20.4. The first kappa shape index (κ1) is 17.1. The van der Waals surface area contributed by atoms with Crippen LogP contribution in [0, 0.1) is 0 Å². The molecule has 5 heteroatoms. The van der Waals surface area contributed by atoms with Crippen molar-refractivity contribution < 1.29 is 9.84 Å². The van der Waals surface area contributed by atoms with Crippen LogP contribution in [0.25, 0.3) is 0 Å². The molecule has 0 aromatic heterocycles. The Kier molecular flexibility index (Phi) is 5.66. The molecule has 128 valence electrons. The minimum atomic E-state index is -0.437. The summed E-state index contributed by atoms with van der Waals surface area (Å²) in [5.41, 5.74) is 2.33. The molecule has 0 unspecified atom stereocenters. The lowest BCUT2D eigenvalue weighted by Gasteiger charge is -2.27. The second kappa shape index (κ2) is 7.92. The molecular weight excluding hydrogens is 320 g/mol. The number of nitrogens with one attached hydrogen (secondary N) is 1. The van der Waals surface area contributed by atoms with E-state index in [4.69, 9.17) is 4.74 Å². The van der Waals surface area contributed by atoms with E-state index in [2.05, 4.69) is 34.5 Å². The molecule has 1 heterocycles. The quantitative estimate of drug-likeness (QED) is 0.873. The lowest BCUT2D eigenvalue weighted by atomic mass is 10.1. The van der Waals surface area contributed by atoms with Crippen LogP contribution in [0.5, 0.6) is 5.75 Å². The van der Waals surface area contributed by atoms with Crippen LogP contribution in [0.2, 0.25) is 0 Å². The number of anilines is 1. The van der Waals surface area contributed by atoms with E-state index in [9.17, 15) is 5.11 Å². The van der Waals surface area contributed by atoms with E-state index in [1.54, 1.807) is 18.9 Å². The molecule has 0 aliphatic carbocycles. The highest BCUT2D eigenvalue weighted by molar-refractivity contribution is 7.99. The van der Waals surface area contributed by atoms with Gasteiger partial charge in [-0.05, 0) is 36.9 Å². The average molecular weight is 344 g/mol. The molecule has 0 bridgehead atoms. The Labute approximate surface area is 147 Å². The van der Waals surface area contributed by atoms with Gasteiger partial charge in [0.15, 0.2) is 0 Å². The third-order valence-corrected chi connectivity index (χ3v) is 5.73. The molecule has 0 fully saturated rings. The maximum absolute atomic E-state index is 10.9. The molecule has 3 rings (SSSR count). The van der Waals surface area contributed by atoms with Crippen LogP contribution in [0.3, 0.4) is 0 Å². The number of β-amino-alcohol motifs (C(OH)–C–C–N with tert-alkyl or cyclic N) is 1. The van der Waals surface area contributed by atoms with Crippen molar-refractivity contribution in [2.24, 2.45) is 0 Å². The third-order valence-electron chi connectivity index (χ3n) is 4.29. The van der Waals surface area contributed by atoms with Crippen molar-refractivity contribution >= 4 is 17.4 Å². The molecule has 0 spiro atoms. The van der Waals surface area contributed by atoms with E-state index in [1.165, 1.54) is 10.6 Å². The number of hydrogen-bond donors (Lipinski definition) is 2. The SMILES string of the molecule is CNCCN1C[C@H](O)[C@H](c2ccc(OC)cc2)Sc2ccccc21. The number of para-hydroxylation sites is 1. The number of nitrogens with zero attached hydrogens (tertiary/aromatic N) is 1. The van der Waals surface area contributed by atoms with Crippen molar-refractivity contribution in [2.75, 3.05) is 38.7 Å². The molecule has 0 amide bonds. The predicted octanol–water partition coefficient (Wildman–Crippen LogP) is 2.93. The van der Waals surface area contributed by atoms with Crippen LogP contribution in [0.1, 0.15) is 10.8 Å². The standard InChI is InChI=1S/C19H24N2O2S/c1-20-11-12-21-13-17(22)19(14-7-9-15(23-2)10-8-14)24-18-6-4-3-5-16(18)21/h3-10,17,19-20,22H,11-13H2,1-2H3/t17-,19-/m0/s1. The average Bonchev–Trinajstić information content (AvgIpc) is 2.77. The summed E-state index contributed by atoms with van der Waals surface area (Å²) in [6.45, 7) is 2.39. The van der Waals surface area contributed by atoms with Crippen LogP contribution in [0.15, 0.2) is 53.4 Å². The van der Waals surface area contributed by atoms with Gasteiger partial charge in [0.1, 0.15) is 5.75 Å². The van der Waals surface area contributed by atoms with Crippen molar-refractivity contribution in [3.8, 4) is 5.75 Å². The lowest BCUT2D eigenvalue weighted by Crippen LogP contribution is -2.37. The number of methoxy groups -OCH3 is 1. The zero-order valence-corrected chi connectivity index (χ0v) is 14.9. The largest absolute Gasteiger partial charge is 0.497 e. The first-order valence-corrected chi connectivity index (χ1v) is 9.08. The Morgan fingerprint density at radius 2 is 1.96 bits per heavy atom. The number of aliphatic hydroxyl groups is 1. The van der Waals surface area contributed by atoms with E-state index in [1.807, 2.05) is 31.3 Å². The fraction of sp³-hybridized carbons (Fsp3) is 0.368. The van der Waals surface area contributed by atoms with Gasteiger partial charge in [0.05, 0.1) is 24.2 Å². The fourth-order valence-corrected chi connectivity index (χ4v) is 4.28. The van der Waals surface area contributed by atoms with Gasteiger partial charge in [0.2, 0.25) is 0 Å². The van der Waals surface area contributed by atoms with Gasteiger partial charge in [-0.3, -0.25) is 0 Å². The highest BCUT2D eigenvalue weighted by Crippen LogP contribution is 2.45. The molecule has 2 N–H and O–H groups in total. The lowest BCUT2D eigenvalue weighted by molar-refractivity contribution is 0.177. The number of benzene rings is 2. The summed E-state index contributed by atoms with van der Waals surface area (Å²) in [6.07, 6.45) is -0.437. The van der Waals surface area contributed by atoms with E-state index in [0.717, 1.165) is 24.4 Å². The Morgan fingerprint density at radius 3 is 2.67 bits per heavy atom. The Morgan fingerprint density at radius 1 is 1.21 bits per heavy atom. The first-order valence-electron chi connectivity index (χ1n) is 8.20. The number of ether oxygens (including phenoxy) is 1. The van der Waals surface area contributed by atoms with Gasteiger partial charge >= 0.3 is 0 Å². The summed E-state index contributed by atoms with van der Waals surface area (Å²) in [7, 11) is 3.62. The minimum absolute atomic E-state index is 0.0108. The summed E-state index contributed by atoms with van der Waals surface area (Å²) in [5, 5.41) is 14.1. The highest BCUT2D eigenvalue weighted by atomic mass is 32.2. The minimum Gasteiger partial charge on any atom is -0.497 e. The zero-order valence-electron chi connectivity index (χ0n) is 14.1. The molecule has 2 atom stereocenters. The summed E-state index contributed by atoms with van der Waals surface area (Å²) in [4.78, 5) is 3.48. The van der Waals surface area contributed by atoms with Crippen LogP contribution >= 0.6 is 11.8 Å². The highest BCUT2D eigenvalue weighted by Gasteiger charge is 2.30. The van der Waals surface area contributed by atoms with Crippen molar-refractivity contribution in [1.29, 1.82) is 0 Å². The smallest absolute Gasteiger partial charge is 0.118 e. The Bertz CT molecular complexity index is 663. The molecule has 24 heavy (non-hydrogen) atoms. The van der Waals surface area contributed by atoms with Gasteiger partial charge < -0.3 is 20.1 Å². The van der Waals surface area contributed by atoms with Gasteiger partial charge in [-0.1, -0.05) is 24.3 Å². The topological polar surface area (TPSA) is 44.7 Å². The molecule has 2 aromatic carbocycles. The van der Waals surface area contributed by atoms with E-state index in [0.29, 0.717) is 6.54 Å². The maximum Gasteiger partial charge on any atom is 0.118 e. The molecule has 1 aliphatic heterocycles. The number of hydrogen-bond acceptors (Lipinski definition) is 5. The summed E-state index contributed by atoms with van der Waals surface area (Å²) in [5.74, 6) is 0.836. The Hall–Kier alpha value is -1.69. The molecule has 0 radical (unpaired) electrons. The fourth-order valence-electron chi connectivity index (χ4n) is 3.00. The zero-order chi connectivity index (χ0) is 16.9. The molecule has 4 nitrogen and oxygen atoms in total. The van der Waals surface area contributed by atoms with E-state index >= 15 is 0 Å². The Balaban J connectivity index is 1.90. The van der Waals surface area contributed by atoms with Crippen LogP contribution in [-0.2, 0) is 0 Å². The number of rotatable bonds is 5. The summed E-state index contributed by atoms with van der Waals surface area (Å²) >= 11 is 1.74. The number of aliphatic hydroxyl groups excluding tert-OH is 1. The second-order valence-electron chi connectivity index (χ2n) is 5.90. The van der Waals surface area contributed by atoms with Gasteiger partial charge in [-0.15, -0.1) is 11.8 Å². The predicted molar refractivity (Wildman–Crippen MR) is 100 cm³/mol. The van der Waals surface area contributed by atoms with Crippen molar-refractivity contribution in [3.05, 3.63) is 54.1 Å². The number of fused-ring (bicyclic) bond motifs is 1. The van der Waals surface area contributed by atoms with Gasteiger partial charge in [0, 0.05) is 24.5 Å². The van der Waals surface area contributed by atoms with Gasteiger partial charge in [-0.25, -0.2) is 0 Å². The van der Waals surface area contributed by atoms with Crippen molar-refractivity contribution in [1.82, 2.24) is 5.32 Å². The first-order chi connectivity index (χ1) is 11.7. The molecular formula is C19H24N2O2S. The van der Waals surface area contributed by atoms with E-state index in [-0.39, 0.29) is 5.25 Å². The van der Waals surface area contributed by atoms with Crippen LogP contribution < -0.4 is 15.0 Å². The summed E-state index contributed by atoms with van der Waals surface area (Å²) < 4.78 is 5.24.